The van der Waals surface area contributed by atoms with Crippen molar-refractivity contribution in [3.63, 3.8) is 0 Å². The highest BCUT2D eigenvalue weighted by Gasteiger charge is 2.54. The highest BCUT2D eigenvalue weighted by molar-refractivity contribution is 6.05. The van der Waals surface area contributed by atoms with Crippen molar-refractivity contribution < 1.29 is 24.2 Å². The lowest BCUT2D eigenvalue weighted by Crippen LogP contribution is -2.68. The summed E-state index contributed by atoms with van der Waals surface area (Å²) in [4.78, 5) is 40.8. The highest BCUT2D eigenvalue weighted by Crippen LogP contribution is 2.50. The normalized spacial score (nSPS) is 31.7. The van der Waals surface area contributed by atoms with E-state index in [2.05, 4.69) is 10.2 Å². The van der Waals surface area contributed by atoms with E-state index in [1.165, 1.54) is 6.42 Å². The lowest BCUT2D eigenvalue weighted by atomic mass is 9.61. The van der Waals surface area contributed by atoms with Gasteiger partial charge in [-0.2, -0.15) is 0 Å². The molecule has 8 nitrogen and oxygen atoms in total. The number of carbonyl (C=O) groups excluding carboxylic acids is 3. The molecule has 8 heteroatoms. The lowest BCUT2D eigenvalue weighted by Gasteiger charge is -2.61. The number of fused-ring (bicyclic) bond motifs is 1. The highest BCUT2D eigenvalue weighted by atomic mass is 16.5. The second kappa shape index (κ2) is 7.81. The molecule has 4 fully saturated rings. The van der Waals surface area contributed by atoms with E-state index in [4.69, 9.17) is 4.74 Å². The molecular formula is C25H31N3O5. The second-order valence-electron chi connectivity index (χ2n) is 10.7. The number of amides is 3. The first-order valence-electron chi connectivity index (χ1n) is 12.3. The number of rotatable bonds is 4. The zero-order valence-corrected chi connectivity index (χ0v) is 18.8. The maximum atomic E-state index is 12.9. The van der Waals surface area contributed by atoms with E-state index >= 15 is 0 Å². The van der Waals surface area contributed by atoms with E-state index in [-0.39, 0.29) is 36.4 Å². The molecule has 1 unspecified atom stereocenters. The number of hydrogen-bond acceptors (Lipinski definition) is 6. The zero-order valence-electron chi connectivity index (χ0n) is 18.8. The van der Waals surface area contributed by atoms with Crippen LogP contribution in [0.1, 0.15) is 67.3 Å². The minimum Gasteiger partial charge on any atom is -0.489 e. The first-order valence-corrected chi connectivity index (χ1v) is 12.3. The molecule has 3 aliphatic heterocycles. The van der Waals surface area contributed by atoms with Crippen molar-refractivity contribution in [1.29, 1.82) is 0 Å². The van der Waals surface area contributed by atoms with Crippen LogP contribution < -0.4 is 10.1 Å². The number of imide groups is 1. The monoisotopic (exact) mass is 453 g/mol. The molecule has 2 N–H and O–H groups in total. The molecule has 0 radical (unpaired) electrons. The molecule has 2 aliphatic carbocycles. The first kappa shape index (κ1) is 21.1. The van der Waals surface area contributed by atoms with E-state index in [0.717, 1.165) is 56.5 Å². The van der Waals surface area contributed by atoms with Crippen LogP contribution in [0, 0.1) is 5.41 Å². The van der Waals surface area contributed by atoms with E-state index in [1.807, 2.05) is 18.2 Å². The molecule has 3 atom stereocenters. The Morgan fingerprint density at radius 2 is 1.85 bits per heavy atom. The Bertz CT molecular complexity index is 996. The Hall–Kier alpha value is -2.45. The van der Waals surface area contributed by atoms with Crippen molar-refractivity contribution in [3.8, 4) is 5.75 Å². The van der Waals surface area contributed by atoms with Gasteiger partial charge < -0.3 is 14.7 Å². The fourth-order valence-corrected chi connectivity index (χ4v) is 6.68. The number of piperidine rings is 1. The predicted molar refractivity (Wildman–Crippen MR) is 118 cm³/mol. The van der Waals surface area contributed by atoms with Gasteiger partial charge in [-0.25, -0.2) is 0 Å². The van der Waals surface area contributed by atoms with Gasteiger partial charge in [0.2, 0.25) is 11.8 Å². The lowest BCUT2D eigenvalue weighted by molar-refractivity contribution is -0.156. The van der Waals surface area contributed by atoms with Crippen molar-refractivity contribution in [3.05, 3.63) is 29.3 Å². The number of aliphatic hydroxyl groups is 1. The average Bonchev–Trinajstić information content (AvgIpc) is 3.06. The van der Waals surface area contributed by atoms with E-state index in [9.17, 15) is 19.5 Å². The standard InChI is InChI=1S/C25H31N3O5/c29-16-10-25(11-16)13-27(14-25)19-3-1-2-4-21(19)33-17-5-6-18-15(9-17)12-28(24(18)32)20-7-8-22(30)26-23(20)31/h5-6,9,16,19-21,29H,1-4,7-8,10-14H2,(H,26,30,31)/t19-,20?,21+/m1/s1. The Labute approximate surface area is 193 Å². The molecule has 1 spiro atoms. The van der Waals surface area contributed by atoms with Crippen molar-refractivity contribution in [2.45, 2.75) is 82.2 Å². The maximum absolute atomic E-state index is 12.9. The van der Waals surface area contributed by atoms with Gasteiger partial charge in [0.1, 0.15) is 17.9 Å². The van der Waals surface area contributed by atoms with E-state index in [0.29, 0.717) is 30.0 Å². The summed E-state index contributed by atoms with van der Waals surface area (Å²) in [5.41, 5.74) is 1.83. The van der Waals surface area contributed by atoms with Crippen LogP contribution in [-0.4, -0.2) is 70.0 Å². The van der Waals surface area contributed by atoms with Gasteiger partial charge in [-0.1, -0.05) is 6.42 Å². The molecule has 2 saturated carbocycles. The number of aliphatic hydroxyl groups excluding tert-OH is 1. The van der Waals surface area contributed by atoms with Crippen LogP contribution in [0.15, 0.2) is 18.2 Å². The Morgan fingerprint density at radius 3 is 2.61 bits per heavy atom. The Kier molecular flexibility index (Phi) is 4.99. The van der Waals surface area contributed by atoms with Gasteiger partial charge in [0.05, 0.1) is 6.10 Å². The third-order valence-corrected chi connectivity index (χ3v) is 8.33. The number of nitrogens with one attached hydrogen (secondary N) is 1. The fourth-order valence-electron chi connectivity index (χ4n) is 6.68. The van der Waals surface area contributed by atoms with E-state index < -0.39 is 6.04 Å². The van der Waals surface area contributed by atoms with Gasteiger partial charge in [0.15, 0.2) is 0 Å². The maximum Gasteiger partial charge on any atom is 0.255 e. The van der Waals surface area contributed by atoms with Crippen LogP contribution in [0.25, 0.3) is 0 Å². The third kappa shape index (κ3) is 3.64. The minimum atomic E-state index is -0.599. The van der Waals surface area contributed by atoms with Crippen molar-refractivity contribution in [2.75, 3.05) is 13.1 Å². The SMILES string of the molecule is O=C1CCC(N2Cc3cc(O[C@H]4CCCC[C@H]4N4CC5(CC(O)C5)C4)ccc3C2=O)C(=O)N1. The fraction of sp³-hybridized carbons (Fsp3) is 0.640. The molecule has 0 aromatic heterocycles. The molecule has 176 valence electrons. The molecule has 6 rings (SSSR count). The summed E-state index contributed by atoms with van der Waals surface area (Å²) in [6, 6.07) is 5.43. The molecule has 5 aliphatic rings. The molecule has 1 aromatic rings. The summed E-state index contributed by atoms with van der Waals surface area (Å²) in [6.07, 6.45) is 7.04. The van der Waals surface area contributed by atoms with Crippen LogP contribution in [0.2, 0.25) is 0 Å². The Balaban J connectivity index is 1.13. The summed E-state index contributed by atoms with van der Waals surface area (Å²) < 4.78 is 6.50. The number of hydrogen-bond donors (Lipinski definition) is 2. The Morgan fingerprint density at radius 1 is 1.06 bits per heavy atom. The molecule has 0 bridgehead atoms. The molecule has 3 heterocycles. The molecule has 3 amide bonds. The zero-order chi connectivity index (χ0) is 22.7. The average molecular weight is 454 g/mol. The van der Waals surface area contributed by atoms with Gasteiger partial charge in [-0.15, -0.1) is 0 Å². The minimum absolute atomic E-state index is 0.112. The summed E-state index contributed by atoms with van der Waals surface area (Å²) in [5.74, 6) is -0.0481. The smallest absolute Gasteiger partial charge is 0.255 e. The molecule has 33 heavy (non-hydrogen) atoms. The van der Waals surface area contributed by atoms with Crippen LogP contribution in [0.3, 0.4) is 0 Å². The molecule has 2 saturated heterocycles. The third-order valence-electron chi connectivity index (χ3n) is 8.33. The summed E-state index contributed by atoms with van der Waals surface area (Å²) in [6.45, 7) is 2.49. The summed E-state index contributed by atoms with van der Waals surface area (Å²) in [5, 5.41) is 12.1. The largest absolute Gasteiger partial charge is 0.489 e. The number of ether oxygens (including phenoxy) is 1. The molecular weight excluding hydrogens is 422 g/mol. The van der Waals surface area contributed by atoms with Crippen LogP contribution >= 0.6 is 0 Å². The van der Waals surface area contributed by atoms with E-state index in [1.54, 1.807) is 4.90 Å². The second-order valence-corrected chi connectivity index (χ2v) is 10.7. The van der Waals surface area contributed by atoms with Crippen molar-refractivity contribution in [1.82, 2.24) is 15.1 Å². The van der Waals surface area contributed by atoms with Gasteiger partial charge >= 0.3 is 0 Å². The van der Waals surface area contributed by atoms with Crippen LogP contribution in [-0.2, 0) is 16.1 Å². The predicted octanol–water partition coefficient (Wildman–Crippen LogP) is 1.59. The van der Waals surface area contributed by atoms with Gasteiger partial charge in [-0.05, 0) is 62.3 Å². The summed E-state index contributed by atoms with van der Waals surface area (Å²) in [7, 11) is 0. The topological polar surface area (TPSA) is 99.2 Å². The number of benzene rings is 1. The summed E-state index contributed by atoms with van der Waals surface area (Å²) >= 11 is 0. The van der Waals surface area contributed by atoms with Gasteiger partial charge in [0.25, 0.3) is 5.91 Å². The van der Waals surface area contributed by atoms with Crippen LogP contribution in [0.5, 0.6) is 5.75 Å². The number of likely N-dealkylation sites (tertiary alicyclic amines) is 1. The molecule has 1 aromatic carbocycles. The van der Waals surface area contributed by atoms with Gasteiger partial charge in [0, 0.05) is 43.1 Å². The van der Waals surface area contributed by atoms with Crippen molar-refractivity contribution >= 4 is 17.7 Å². The quantitative estimate of drug-likeness (QED) is 0.672. The first-order chi connectivity index (χ1) is 15.9. The van der Waals surface area contributed by atoms with Crippen molar-refractivity contribution in [2.24, 2.45) is 5.41 Å². The van der Waals surface area contributed by atoms with Crippen LogP contribution in [0.4, 0.5) is 0 Å². The number of carbonyl (C=O) groups is 3. The number of nitrogens with zero attached hydrogens (tertiary/aromatic N) is 2. The van der Waals surface area contributed by atoms with Gasteiger partial charge in [-0.3, -0.25) is 24.6 Å².